The largest absolute Gasteiger partial charge is 0.478 e. The van der Waals surface area contributed by atoms with Crippen LogP contribution in [0.25, 0.3) is 0 Å². The van der Waals surface area contributed by atoms with Gasteiger partial charge < -0.3 is 5.11 Å². The van der Waals surface area contributed by atoms with Crippen molar-refractivity contribution in [2.24, 2.45) is 0 Å². The van der Waals surface area contributed by atoms with E-state index in [9.17, 15) is 9.59 Å². The van der Waals surface area contributed by atoms with E-state index in [1.54, 1.807) is 24.3 Å². The van der Waals surface area contributed by atoms with Crippen molar-refractivity contribution in [2.45, 2.75) is 32.2 Å². The highest BCUT2D eigenvalue weighted by Crippen LogP contribution is 2.33. The van der Waals surface area contributed by atoms with E-state index in [0.29, 0.717) is 5.95 Å². The first-order valence-electron chi connectivity index (χ1n) is 7.05. The molecule has 0 fully saturated rings. The van der Waals surface area contributed by atoms with Crippen LogP contribution < -0.4 is 5.32 Å². The molecule has 2 aromatic rings. The van der Waals surface area contributed by atoms with Gasteiger partial charge in [0.25, 0.3) is 0 Å². The van der Waals surface area contributed by atoms with Gasteiger partial charge in [0.2, 0.25) is 11.9 Å². The zero-order chi connectivity index (χ0) is 15.9. The third-order valence-corrected chi connectivity index (χ3v) is 3.72. The Bertz CT molecular complexity index is 734. The average Bonchev–Trinajstić information content (AvgIpc) is 2.90. The van der Waals surface area contributed by atoms with Gasteiger partial charge in [-0.3, -0.25) is 14.7 Å². The number of nitrogens with zero attached hydrogens (tertiary/aromatic N) is 3. The third kappa shape index (κ3) is 2.34. The number of fused-ring (bicyclic) bond motifs is 1. The van der Waals surface area contributed by atoms with Crippen molar-refractivity contribution in [1.29, 1.82) is 0 Å². The summed E-state index contributed by atoms with van der Waals surface area (Å²) in [6.45, 7) is 4.02. The Morgan fingerprint density at radius 2 is 2.00 bits per heavy atom. The van der Waals surface area contributed by atoms with Crippen LogP contribution in [0, 0.1) is 0 Å². The first-order valence-corrected chi connectivity index (χ1v) is 7.05. The first-order chi connectivity index (χ1) is 10.5. The van der Waals surface area contributed by atoms with Gasteiger partial charge in [-0.15, -0.1) is 10.2 Å². The molecule has 0 spiro atoms. The number of anilines is 1. The van der Waals surface area contributed by atoms with Crippen LogP contribution >= 0.6 is 0 Å². The number of carboxylic acid groups (broad SMARTS) is 1. The quantitative estimate of drug-likeness (QED) is 0.904. The van der Waals surface area contributed by atoms with Gasteiger partial charge in [-0.25, -0.2) is 4.79 Å². The number of hydrogen-bond acceptors (Lipinski definition) is 4. The Morgan fingerprint density at radius 1 is 1.32 bits per heavy atom. The van der Waals surface area contributed by atoms with Gasteiger partial charge in [-0.05, 0) is 17.7 Å². The lowest BCUT2D eigenvalue weighted by molar-refractivity contribution is -0.117. The molecule has 0 bridgehead atoms. The zero-order valence-corrected chi connectivity index (χ0v) is 12.3. The second kappa shape index (κ2) is 5.25. The zero-order valence-electron chi connectivity index (χ0n) is 12.3. The normalized spacial score (nSPS) is 17.2. The van der Waals surface area contributed by atoms with Crippen LogP contribution in [-0.2, 0) is 4.79 Å². The van der Waals surface area contributed by atoms with Crippen molar-refractivity contribution in [3.05, 3.63) is 41.2 Å². The summed E-state index contributed by atoms with van der Waals surface area (Å²) in [4.78, 5) is 22.8. The molecule has 7 nitrogen and oxygen atoms in total. The van der Waals surface area contributed by atoms with E-state index >= 15 is 0 Å². The van der Waals surface area contributed by atoms with Crippen LogP contribution in [0.1, 0.15) is 54.0 Å². The van der Waals surface area contributed by atoms with E-state index in [0.717, 1.165) is 11.4 Å². The molecule has 1 aromatic carbocycles. The molecule has 114 valence electrons. The summed E-state index contributed by atoms with van der Waals surface area (Å²) in [5.41, 5.74) is 1.08. The highest BCUT2D eigenvalue weighted by Gasteiger charge is 2.30. The van der Waals surface area contributed by atoms with Crippen LogP contribution in [0.15, 0.2) is 24.3 Å². The number of aromatic carboxylic acids is 1. The number of carbonyl (C=O) groups excluding carboxylic acids is 1. The first kappa shape index (κ1) is 14.2. The van der Waals surface area contributed by atoms with E-state index in [-0.39, 0.29) is 29.9 Å². The smallest absolute Gasteiger partial charge is 0.335 e. The van der Waals surface area contributed by atoms with Crippen LogP contribution in [0.4, 0.5) is 5.95 Å². The maximum atomic E-state index is 11.9. The summed E-state index contributed by atoms with van der Waals surface area (Å²) in [5.74, 6) is 0.301. The molecule has 1 unspecified atom stereocenters. The van der Waals surface area contributed by atoms with Crippen LogP contribution in [0.5, 0.6) is 0 Å². The fraction of sp³-hybridized carbons (Fsp3) is 0.333. The number of carboxylic acids is 1. The number of benzene rings is 1. The maximum absolute atomic E-state index is 11.9. The predicted molar refractivity (Wildman–Crippen MR) is 78.9 cm³/mol. The van der Waals surface area contributed by atoms with E-state index in [1.807, 2.05) is 18.4 Å². The van der Waals surface area contributed by atoms with E-state index in [4.69, 9.17) is 5.11 Å². The van der Waals surface area contributed by atoms with Crippen LogP contribution in [-0.4, -0.2) is 31.7 Å². The fourth-order valence-corrected chi connectivity index (χ4v) is 2.65. The number of aromatic nitrogens is 3. The SMILES string of the molecule is CC(C)c1nnc2n1C(c1ccc(C(=O)O)cc1)CC(=O)N2. The Morgan fingerprint density at radius 3 is 2.59 bits per heavy atom. The average molecular weight is 300 g/mol. The Kier molecular flexibility index (Phi) is 3.40. The molecule has 7 heteroatoms. The van der Waals surface area contributed by atoms with Gasteiger partial charge in [-0.2, -0.15) is 0 Å². The number of carbonyl (C=O) groups is 2. The van der Waals surface area contributed by atoms with Gasteiger partial charge >= 0.3 is 5.97 Å². The summed E-state index contributed by atoms with van der Waals surface area (Å²) in [6.07, 6.45) is 0.275. The topological polar surface area (TPSA) is 97.1 Å². The molecule has 1 aliphatic rings. The van der Waals surface area contributed by atoms with Gasteiger partial charge in [-0.1, -0.05) is 26.0 Å². The number of amides is 1. The van der Waals surface area contributed by atoms with Gasteiger partial charge in [0.1, 0.15) is 5.82 Å². The highest BCUT2D eigenvalue weighted by molar-refractivity contribution is 5.91. The van der Waals surface area contributed by atoms with Crippen molar-refractivity contribution >= 4 is 17.8 Å². The minimum Gasteiger partial charge on any atom is -0.478 e. The molecule has 0 aliphatic carbocycles. The minimum absolute atomic E-state index is 0.123. The summed E-state index contributed by atoms with van der Waals surface area (Å²) < 4.78 is 1.92. The van der Waals surface area contributed by atoms with E-state index in [1.165, 1.54) is 0 Å². The molecule has 1 atom stereocenters. The van der Waals surface area contributed by atoms with Crippen molar-refractivity contribution in [3.8, 4) is 0 Å². The lowest BCUT2D eigenvalue weighted by Gasteiger charge is -2.27. The number of nitrogens with one attached hydrogen (secondary N) is 1. The Balaban J connectivity index is 2.06. The molecule has 0 saturated heterocycles. The monoisotopic (exact) mass is 300 g/mol. The molecule has 1 aromatic heterocycles. The Labute approximate surface area is 127 Å². The minimum atomic E-state index is -0.971. The molecule has 1 amide bonds. The second-order valence-corrected chi connectivity index (χ2v) is 5.60. The lowest BCUT2D eigenvalue weighted by Crippen LogP contribution is -2.29. The van der Waals surface area contributed by atoms with Crippen LogP contribution in [0.2, 0.25) is 0 Å². The number of hydrogen-bond donors (Lipinski definition) is 2. The van der Waals surface area contributed by atoms with Crippen LogP contribution in [0.3, 0.4) is 0 Å². The highest BCUT2D eigenvalue weighted by atomic mass is 16.4. The second-order valence-electron chi connectivity index (χ2n) is 5.60. The lowest BCUT2D eigenvalue weighted by atomic mass is 9.99. The maximum Gasteiger partial charge on any atom is 0.335 e. The standard InChI is InChI=1S/C15H16N4O3/c1-8(2)13-17-18-15-16-12(20)7-11(19(13)15)9-3-5-10(6-4-9)14(21)22/h3-6,8,11H,7H2,1-2H3,(H,21,22)(H,16,18,20). The molecule has 0 saturated carbocycles. The summed E-state index contributed by atoms with van der Waals surface area (Å²) in [6, 6.07) is 6.34. The van der Waals surface area contributed by atoms with Crippen molar-refractivity contribution < 1.29 is 14.7 Å². The molecule has 3 rings (SSSR count). The summed E-state index contributed by atoms with van der Waals surface area (Å²) in [7, 11) is 0. The third-order valence-electron chi connectivity index (χ3n) is 3.72. The van der Waals surface area contributed by atoms with Crippen molar-refractivity contribution in [2.75, 3.05) is 5.32 Å². The predicted octanol–water partition coefficient (Wildman–Crippen LogP) is 2.03. The summed E-state index contributed by atoms with van der Waals surface area (Å²) in [5, 5.41) is 19.9. The molecule has 0 radical (unpaired) electrons. The molecule has 2 heterocycles. The molecule has 1 aliphatic heterocycles. The Hall–Kier alpha value is -2.70. The van der Waals surface area contributed by atoms with Crippen molar-refractivity contribution in [3.63, 3.8) is 0 Å². The van der Waals surface area contributed by atoms with Gasteiger partial charge in [0.05, 0.1) is 18.0 Å². The van der Waals surface area contributed by atoms with Gasteiger partial charge in [0.15, 0.2) is 0 Å². The molecule has 22 heavy (non-hydrogen) atoms. The van der Waals surface area contributed by atoms with Crippen molar-refractivity contribution in [1.82, 2.24) is 14.8 Å². The number of rotatable bonds is 3. The fourth-order valence-electron chi connectivity index (χ4n) is 2.65. The van der Waals surface area contributed by atoms with Gasteiger partial charge in [0, 0.05) is 5.92 Å². The van der Waals surface area contributed by atoms with E-state index < -0.39 is 5.97 Å². The molecule has 2 N–H and O–H groups in total. The molecular formula is C15H16N4O3. The molecular weight excluding hydrogens is 284 g/mol. The summed E-state index contributed by atoms with van der Waals surface area (Å²) >= 11 is 0. The van der Waals surface area contributed by atoms with E-state index in [2.05, 4.69) is 15.5 Å².